The summed E-state index contributed by atoms with van der Waals surface area (Å²) in [6.07, 6.45) is 3.55. The van der Waals surface area contributed by atoms with Gasteiger partial charge in [-0.2, -0.15) is 4.39 Å². The number of aryl methyl sites for hydroxylation is 1. The first-order valence-electron chi connectivity index (χ1n) is 8.02. The van der Waals surface area contributed by atoms with Crippen molar-refractivity contribution in [2.45, 2.75) is 26.4 Å². The molecule has 5 nitrogen and oxygen atoms in total. The first kappa shape index (κ1) is 17.6. The average molecular weight is 393 g/mol. The maximum absolute atomic E-state index is 13.9. The Morgan fingerprint density at radius 2 is 1.78 bits per heavy atom. The number of ether oxygens (including phenoxy) is 2. The monoisotopic (exact) mass is 393 g/mol. The van der Waals surface area contributed by atoms with Crippen molar-refractivity contribution in [3.8, 4) is 21.9 Å². The average Bonchev–Trinajstić information content (AvgIpc) is 3.16. The number of anilines is 1. The largest absolute Gasteiger partial charge is 0.423 e. The molecule has 0 amide bonds. The molecule has 1 unspecified atom stereocenters. The minimum absolute atomic E-state index is 0.0620. The Kier molecular flexibility index (Phi) is 4.18. The molecule has 1 N–H and O–H groups in total. The fraction of sp³-hybridized carbons (Fsp3) is 0.222. The van der Waals surface area contributed by atoms with Crippen molar-refractivity contribution in [1.82, 2.24) is 9.97 Å². The lowest BCUT2D eigenvalue weighted by atomic mass is 10.1. The second kappa shape index (κ2) is 6.41. The molecule has 0 fully saturated rings. The number of aromatic nitrogens is 2. The van der Waals surface area contributed by atoms with Gasteiger partial charge < -0.3 is 14.8 Å². The van der Waals surface area contributed by atoms with Crippen molar-refractivity contribution in [3.05, 3.63) is 53.5 Å². The van der Waals surface area contributed by atoms with Crippen LogP contribution in [0, 0.1) is 18.6 Å². The highest BCUT2D eigenvalue weighted by Gasteiger charge is 2.37. The van der Waals surface area contributed by atoms with Crippen LogP contribution in [0.25, 0.3) is 10.4 Å². The summed E-state index contributed by atoms with van der Waals surface area (Å²) < 4.78 is 51.4. The number of pyridine rings is 1. The van der Waals surface area contributed by atoms with Gasteiger partial charge in [-0.25, -0.2) is 13.8 Å². The Labute approximate surface area is 156 Å². The minimum Gasteiger partial charge on any atom is -0.423 e. The van der Waals surface area contributed by atoms with Gasteiger partial charge in [0.15, 0.2) is 16.6 Å². The van der Waals surface area contributed by atoms with E-state index in [-0.39, 0.29) is 12.1 Å². The van der Waals surface area contributed by atoms with Crippen LogP contribution in [0.2, 0.25) is 0 Å². The van der Waals surface area contributed by atoms with Crippen molar-refractivity contribution < 1.29 is 22.6 Å². The lowest BCUT2D eigenvalue weighted by molar-refractivity contribution is -0.173. The van der Waals surface area contributed by atoms with E-state index in [1.165, 1.54) is 18.3 Å². The van der Waals surface area contributed by atoms with Crippen LogP contribution >= 0.6 is 11.3 Å². The van der Waals surface area contributed by atoms with Gasteiger partial charge in [0.1, 0.15) is 11.6 Å². The zero-order chi connectivity index (χ0) is 19.2. The van der Waals surface area contributed by atoms with Crippen LogP contribution in [-0.4, -0.2) is 16.0 Å². The summed E-state index contributed by atoms with van der Waals surface area (Å²) in [6, 6.07) is 1.20. The highest BCUT2D eigenvalue weighted by Crippen LogP contribution is 2.45. The van der Waals surface area contributed by atoms with E-state index in [2.05, 4.69) is 15.3 Å². The van der Waals surface area contributed by atoms with Gasteiger partial charge in [0, 0.05) is 30.8 Å². The zero-order valence-corrected chi connectivity index (χ0v) is 15.2. The van der Waals surface area contributed by atoms with Crippen molar-refractivity contribution in [2.75, 3.05) is 5.32 Å². The second-order valence-corrected chi connectivity index (χ2v) is 7.15. The summed E-state index contributed by atoms with van der Waals surface area (Å²) in [6.45, 7) is 2.99. The molecule has 4 rings (SSSR count). The van der Waals surface area contributed by atoms with Gasteiger partial charge in [0.05, 0.1) is 17.3 Å². The molecule has 3 heterocycles. The molecule has 1 aliphatic rings. The minimum atomic E-state index is -2.19. The molecule has 1 aromatic carbocycles. The smallest absolute Gasteiger partial charge is 0.404 e. The maximum atomic E-state index is 13.9. The van der Waals surface area contributed by atoms with Crippen LogP contribution < -0.4 is 14.8 Å². The first-order valence-corrected chi connectivity index (χ1v) is 8.83. The number of thiazole rings is 1. The van der Waals surface area contributed by atoms with Crippen LogP contribution in [0.4, 0.5) is 18.3 Å². The lowest BCUT2D eigenvalue weighted by Gasteiger charge is -2.10. The van der Waals surface area contributed by atoms with E-state index in [0.717, 1.165) is 28.4 Å². The molecule has 140 valence electrons. The Hall–Kier alpha value is -2.81. The zero-order valence-electron chi connectivity index (χ0n) is 14.3. The maximum Gasteiger partial charge on any atom is 0.404 e. The van der Waals surface area contributed by atoms with Crippen LogP contribution in [0.1, 0.15) is 18.1 Å². The first-order chi connectivity index (χ1) is 12.8. The van der Waals surface area contributed by atoms with Crippen LogP contribution in [-0.2, 0) is 6.54 Å². The number of fused-ring (bicyclic) bond motifs is 1. The fourth-order valence-corrected chi connectivity index (χ4v) is 3.64. The molecule has 0 bridgehead atoms. The molecule has 0 radical (unpaired) electrons. The summed E-state index contributed by atoms with van der Waals surface area (Å²) in [5, 5.41) is 3.39. The van der Waals surface area contributed by atoms with Gasteiger partial charge in [0.25, 0.3) is 0 Å². The lowest BCUT2D eigenvalue weighted by Crippen LogP contribution is -2.27. The Balaban J connectivity index is 1.55. The predicted octanol–water partition coefficient (Wildman–Crippen LogP) is 4.82. The van der Waals surface area contributed by atoms with Gasteiger partial charge >= 0.3 is 6.04 Å². The third kappa shape index (κ3) is 3.42. The molecular weight excluding hydrogens is 379 g/mol. The molecule has 0 saturated carbocycles. The number of benzene rings is 1. The summed E-state index contributed by atoms with van der Waals surface area (Å²) in [7, 11) is 0. The van der Waals surface area contributed by atoms with Crippen molar-refractivity contribution in [1.29, 1.82) is 0 Å². The van der Waals surface area contributed by atoms with Crippen LogP contribution in [0.3, 0.4) is 0 Å². The van der Waals surface area contributed by atoms with Crippen molar-refractivity contribution >= 4 is 16.5 Å². The Bertz CT molecular complexity index is 1000. The van der Waals surface area contributed by atoms with E-state index in [1.807, 2.05) is 6.92 Å². The van der Waals surface area contributed by atoms with E-state index in [1.54, 1.807) is 18.3 Å². The molecule has 0 aliphatic carbocycles. The molecule has 0 spiro atoms. The molecule has 2 aromatic heterocycles. The third-order valence-electron chi connectivity index (χ3n) is 4.02. The molecule has 0 saturated heterocycles. The van der Waals surface area contributed by atoms with Crippen molar-refractivity contribution in [3.63, 3.8) is 0 Å². The topological polar surface area (TPSA) is 56.3 Å². The molecule has 1 aliphatic heterocycles. The highest BCUT2D eigenvalue weighted by molar-refractivity contribution is 7.18. The van der Waals surface area contributed by atoms with E-state index in [9.17, 15) is 13.2 Å². The molecule has 27 heavy (non-hydrogen) atoms. The number of hydrogen-bond acceptors (Lipinski definition) is 6. The van der Waals surface area contributed by atoms with Crippen molar-refractivity contribution in [2.24, 2.45) is 0 Å². The van der Waals surface area contributed by atoms with Crippen LogP contribution in [0.5, 0.6) is 11.5 Å². The van der Waals surface area contributed by atoms with Gasteiger partial charge in [-0.15, -0.1) is 0 Å². The second-order valence-electron chi connectivity index (χ2n) is 6.12. The van der Waals surface area contributed by atoms with E-state index in [4.69, 9.17) is 9.47 Å². The van der Waals surface area contributed by atoms with Gasteiger partial charge in [0.2, 0.25) is 0 Å². The van der Waals surface area contributed by atoms with Gasteiger partial charge in [-0.1, -0.05) is 11.3 Å². The van der Waals surface area contributed by atoms with E-state index >= 15 is 0 Å². The Morgan fingerprint density at radius 3 is 2.48 bits per heavy atom. The van der Waals surface area contributed by atoms with Gasteiger partial charge in [-0.05, 0) is 24.6 Å². The fourth-order valence-electron chi connectivity index (χ4n) is 2.75. The third-order valence-corrected chi connectivity index (χ3v) is 5.00. The standard InChI is InChI=1S/C18H14F3N3O2S/c1-9-3-14-15(26-18(2,21)25-14)4-10(9)16-8-24-17(27-16)23-5-11-12(19)6-22-7-13(11)20/h3-4,6-8H,5H2,1-2H3,(H,23,24). The van der Waals surface area contributed by atoms with Crippen LogP contribution in [0.15, 0.2) is 30.7 Å². The van der Waals surface area contributed by atoms with E-state index < -0.39 is 17.7 Å². The summed E-state index contributed by atoms with van der Waals surface area (Å²) >= 11 is 1.30. The molecule has 3 aromatic rings. The van der Waals surface area contributed by atoms with E-state index in [0.29, 0.717) is 16.6 Å². The van der Waals surface area contributed by atoms with Gasteiger partial charge in [-0.3, -0.25) is 4.98 Å². The summed E-state index contributed by atoms with van der Waals surface area (Å²) in [4.78, 5) is 8.48. The number of nitrogens with one attached hydrogen (secondary N) is 1. The summed E-state index contributed by atoms with van der Waals surface area (Å²) in [5.41, 5.74) is 1.56. The number of nitrogens with zero attached hydrogens (tertiary/aromatic N) is 2. The predicted molar refractivity (Wildman–Crippen MR) is 94.5 cm³/mol. The molecular formula is C18H14F3N3O2S. The normalized spacial score (nSPS) is 18.0. The highest BCUT2D eigenvalue weighted by atomic mass is 32.1. The molecule has 9 heteroatoms. The number of alkyl halides is 1. The molecule has 1 atom stereocenters. The summed E-state index contributed by atoms with van der Waals surface area (Å²) in [5.74, 6) is -0.794. The Morgan fingerprint density at radius 1 is 1.11 bits per heavy atom. The number of hydrogen-bond donors (Lipinski definition) is 1. The SMILES string of the molecule is Cc1cc2c(cc1-c1cnc(NCc3c(F)cncc3F)s1)OC(C)(F)O2. The number of halogens is 3. The quantitative estimate of drug-likeness (QED) is 0.689. The number of rotatable bonds is 4.